The van der Waals surface area contributed by atoms with Gasteiger partial charge in [-0.1, -0.05) is 36.4 Å². The smallest absolute Gasteiger partial charge is 0.241 e. The minimum absolute atomic E-state index is 0.0161. The van der Waals surface area contributed by atoms with Gasteiger partial charge in [-0.05, 0) is 35.8 Å². The largest absolute Gasteiger partial charge is 0.384 e. The Morgan fingerprint density at radius 1 is 1.19 bits per heavy atom. The van der Waals surface area contributed by atoms with Gasteiger partial charge in [-0.3, -0.25) is 19.3 Å². The van der Waals surface area contributed by atoms with Gasteiger partial charge in [0.05, 0.1) is 18.6 Å². The van der Waals surface area contributed by atoms with E-state index in [0.29, 0.717) is 25.6 Å². The molecule has 4 rings (SSSR count). The molecule has 0 saturated carbocycles. The first-order valence-corrected chi connectivity index (χ1v) is 11.6. The summed E-state index contributed by atoms with van der Waals surface area (Å²) in [5, 5.41) is 1.93. The Bertz CT molecular complexity index is 928. The number of ether oxygens (including phenoxy) is 1. The maximum atomic E-state index is 13.7. The topological polar surface area (TPSA) is 66.9 Å². The third-order valence-electron chi connectivity index (χ3n) is 6.36. The fourth-order valence-electron chi connectivity index (χ4n) is 4.78. The molecule has 2 aliphatic heterocycles. The molecule has 0 N–H and O–H groups in total. The molecule has 0 aliphatic carbocycles. The molecule has 2 atom stereocenters. The SMILES string of the molecule is COC[C@@H]1CCCN(C(=O)C[C@@]2(c3ccccc3)CC(=O)N(Cc3cccs3)C2=O)C1. The molecule has 0 radical (unpaired) electrons. The van der Waals surface area contributed by atoms with E-state index < -0.39 is 5.41 Å². The first-order chi connectivity index (χ1) is 15.0. The van der Waals surface area contributed by atoms with Crippen LogP contribution in [-0.2, 0) is 31.1 Å². The van der Waals surface area contributed by atoms with Crippen LogP contribution in [0.2, 0.25) is 0 Å². The van der Waals surface area contributed by atoms with E-state index in [4.69, 9.17) is 4.74 Å². The van der Waals surface area contributed by atoms with E-state index >= 15 is 0 Å². The lowest BCUT2D eigenvalue weighted by Crippen LogP contribution is -2.46. The minimum atomic E-state index is -1.14. The van der Waals surface area contributed by atoms with Crippen molar-refractivity contribution in [2.75, 3.05) is 26.8 Å². The van der Waals surface area contributed by atoms with Crippen LogP contribution in [0.25, 0.3) is 0 Å². The van der Waals surface area contributed by atoms with Gasteiger partial charge in [0, 0.05) is 37.9 Å². The predicted molar refractivity (Wildman–Crippen MR) is 118 cm³/mol. The number of benzene rings is 1. The maximum Gasteiger partial charge on any atom is 0.241 e. The summed E-state index contributed by atoms with van der Waals surface area (Å²) in [6.45, 7) is 2.21. The Kier molecular flexibility index (Phi) is 6.53. The number of thiophene rings is 1. The lowest BCUT2D eigenvalue weighted by atomic mass is 9.75. The van der Waals surface area contributed by atoms with E-state index in [1.807, 2.05) is 52.7 Å². The monoisotopic (exact) mass is 440 g/mol. The molecule has 0 spiro atoms. The summed E-state index contributed by atoms with van der Waals surface area (Å²) in [5.74, 6) is -0.239. The highest BCUT2D eigenvalue weighted by Crippen LogP contribution is 2.41. The second kappa shape index (κ2) is 9.32. The van der Waals surface area contributed by atoms with Crippen LogP contribution >= 0.6 is 11.3 Å². The van der Waals surface area contributed by atoms with Crippen LogP contribution < -0.4 is 0 Å². The first kappa shape index (κ1) is 21.7. The number of methoxy groups -OCH3 is 1. The van der Waals surface area contributed by atoms with E-state index in [0.717, 1.165) is 23.3 Å². The number of carbonyl (C=O) groups excluding carboxylic acids is 3. The molecule has 1 aromatic carbocycles. The normalized spacial score (nSPS) is 24.1. The molecule has 6 nitrogen and oxygen atoms in total. The van der Waals surface area contributed by atoms with Gasteiger partial charge < -0.3 is 9.64 Å². The van der Waals surface area contributed by atoms with Gasteiger partial charge in [-0.15, -0.1) is 11.3 Å². The molecule has 2 aliphatic rings. The number of imide groups is 1. The van der Waals surface area contributed by atoms with E-state index in [-0.39, 0.29) is 37.1 Å². The number of piperidine rings is 1. The molecular formula is C24H28N2O4S. The third-order valence-corrected chi connectivity index (χ3v) is 7.22. The van der Waals surface area contributed by atoms with Gasteiger partial charge in [0.1, 0.15) is 0 Å². The summed E-state index contributed by atoms with van der Waals surface area (Å²) in [6, 6.07) is 13.1. The molecule has 3 amide bonds. The van der Waals surface area contributed by atoms with Crippen molar-refractivity contribution in [2.24, 2.45) is 5.92 Å². The number of nitrogens with zero attached hydrogens (tertiary/aromatic N) is 2. The standard InChI is InChI=1S/C24H28N2O4S/c1-30-17-18-7-5-11-25(15-18)21(27)13-24(19-8-3-2-4-9-19)14-22(28)26(23(24)29)16-20-10-6-12-31-20/h2-4,6,8-10,12,18H,5,7,11,13-17H2,1H3/t18-,24+/m1/s1. The molecule has 7 heteroatoms. The Balaban J connectivity index is 1.60. The Labute approximate surface area is 186 Å². The Hall–Kier alpha value is -2.51. The van der Waals surface area contributed by atoms with Crippen LogP contribution in [0.15, 0.2) is 47.8 Å². The lowest BCUT2D eigenvalue weighted by molar-refractivity contribution is -0.143. The molecule has 0 bridgehead atoms. The number of hydrogen-bond donors (Lipinski definition) is 0. The van der Waals surface area contributed by atoms with Crippen LogP contribution in [0.3, 0.4) is 0 Å². The van der Waals surface area contributed by atoms with Crippen molar-refractivity contribution in [3.05, 3.63) is 58.3 Å². The van der Waals surface area contributed by atoms with Crippen LogP contribution in [0.5, 0.6) is 0 Å². The zero-order valence-corrected chi connectivity index (χ0v) is 18.6. The Morgan fingerprint density at radius 3 is 2.71 bits per heavy atom. The number of carbonyl (C=O) groups is 3. The molecule has 1 aromatic heterocycles. The zero-order valence-electron chi connectivity index (χ0n) is 17.8. The van der Waals surface area contributed by atoms with Crippen molar-refractivity contribution >= 4 is 29.1 Å². The van der Waals surface area contributed by atoms with Crippen molar-refractivity contribution in [1.29, 1.82) is 0 Å². The lowest BCUT2D eigenvalue weighted by Gasteiger charge is -2.35. The van der Waals surface area contributed by atoms with E-state index in [9.17, 15) is 14.4 Å². The van der Waals surface area contributed by atoms with Gasteiger partial charge in [0.25, 0.3) is 0 Å². The average molecular weight is 441 g/mol. The average Bonchev–Trinajstić information content (AvgIpc) is 3.38. The number of amides is 3. The zero-order chi connectivity index (χ0) is 21.8. The molecule has 0 unspecified atom stereocenters. The maximum absolute atomic E-state index is 13.7. The van der Waals surface area contributed by atoms with Crippen molar-refractivity contribution in [3.63, 3.8) is 0 Å². The van der Waals surface area contributed by atoms with Crippen LogP contribution in [0.4, 0.5) is 0 Å². The molecule has 2 saturated heterocycles. The van der Waals surface area contributed by atoms with Crippen LogP contribution in [-0.4, -0.2) is 54.3 Å². The van der Waals surface area contributed by atoms with Gasteiger partial charge in [-0.25, -0.2) is 0 Å². The van der Waals surface area contributed by atoms with Crippen LogP contribution in [0.1, 0.15) is 36.1 Å². The minimum Gasteiger partial charge on any atom is -0.384 e. The van der Waals surface area contributed by atoms with Crippen molar-refractivity contribution in [1.82, 2.24) is 9.80 Å². The van der Waals surface area contributed by atoms with Crippen molar-refractivity contribution in [3.8, 4) is 0 Å². The summed E-state index contributed by atoms with van der Waals surface area (Å²) >= 11 is 1.52. The van der Waals surface area contributed by atoms with Gasteiger partial charge >= 0.3 is 0 Å². The Morgan fingerprint density at radius 2 is 2.00 bits per heavy atom. The van der Waals surface area contributed by atoms with Crippen molar-refractivity contribution < 1.29 is 19.1 Å². The predicted octanol–water partition coefficient (Wildman–Crippen LogP) is 3.22. The molecule has 2 fully saturated rings. The molecule has 31 heavy (non-hydrogen) atoms. The fraction of sp³-hybridized carbons (Fsp3) is 0.458. The first-order valence-electron chi connectivity index (χ1n) is 10.7. The molecule has 164 valence electrons. The molecule has 3 heterocycles. The van der Waals surface area contributed by atoms with E-state index in [1.54, 1.807) is 7.11 Å². The molecule has 2 aromatic rings. The summed E-state index contributed by atoms with van der Waals surface area (Å²) in [7, 11) is 1.68. The summed E-state index contributed by atoms with van der Waals surface area (Å²) < 4.78 is 5.28. The second-order valence-electron chi connectivity index (χ2n) is 8.47. The second-order valence-corrected chi connectivity index (χ2v) is 9.50. The van der Waals surface area contributed by atoms with E-state index in [1.165, 1.54) is 16.2 Å². The van der Waals surface area contributed by atoms with E-state index in [2.05, 4.69) is 0 Å². The van der Waals surface area contributed by atoms with Crippen LogP contribution in [0, 0.1) is 5.92 Å². The summed E-state index contributed by atoms with van der Waals surface area (Å²) in [6.07, 6.45) is 2.01. The number of rotatable bonds is 7. The fourth-order valence-corrected chi connectivity index (χ4v) is 5.47. The number of hydrogen-bond acceptors (Lipinski definition) is 5. The van der Waals surface area contributed by atoms with Crippen molar-refractivity contribution in [2.45, 2.75) is 37.6 Å². The highest BCUT2D eigenvalue weighted by Gasteiger charge is 2.54. The van der Waals surface area contributed by atoms with Gasteiger partial charge in [0.15, 0.2) is 0 Å². The van der Waals surface area contributed by atoms with Gasteiger partial charge in [-0.2, -0.15) is 0 Å². The highest BCUT2D eigenvalue weighted by molar-refractivity contribution is 7.09. The highest BCUT2D eigenvalue weighted by atomic mass is 32.1. The quantitative estimate of drug-likeness (QED) is 0.620. The van der Waals surface area contributed by atoms with Gasteiger partial charge in [0.2, 0.25) is 17.7 Å². The summed E-state index contributed by atoms with van der Waals surface area (Å²) in [5.41, 5.74) is -0.401. The number of likely N-dealkylation sites (tertiary alicyclic amines) is 2. The molecular weight excluding hydrogens is 412 g/mol. The third kappa shape index (κ3) is 4.43. The summed E-state index contributed by atoms with van der Waals surface area (Å²) in [4.78, 5) is 44.1.